The highest BCUT2D eigenvalue weighted by Gasteiger charge is 2.40. The first-order valence-electron chi connectivity index (χ1n) is 5.41. The lowest BCUT2D eigenvalue weighted by Gasteiger charge is -2.34. The first-order chi connectivity index (χ1) is 7.10. The summed E-state index contributed by atoms with van der Waals surface area (Å²) in [7, 11) is 1.37. The molecule has 4 nitrogen and oxygen atoms in total. The van der Waals surface area contributed by atoms with E-state index in [1.807, 2.05) is 0 Å². The largest absolute Gasteiger partial charge is 0.481 e. The third-order valence-electron chi connectivity index (χ3n) is 3.25. The quantitative estimate of drug-likeness (QED) is 0.727. The number of hydrogen-bond donors (Lipinski definition) is 1. The molecule has 0 atom stereocenters. The van der Waals surface area contributed by atoms with Crippen LogP contribution in [-0.4, -0.2) is 24.2 Å². The van der Waals surface area contributed by atoms with Crippen LogP contribution in [-0.2, 0) is 14.3 Å². The van der Waals surface area contributed by atoms with E-state index in [2.05, 4.69) is 0 Å². The van der Waals surface area contributed by atoms with Crippen molar-refractivity contribution in [2.24, 2.45) is 5.41 Å². The van der Waals surface area contributed by atoms with Gasteiger partial charge in [0.15, 0.2) is 0 Å². The van der Waals surface area contributed by atoms with Gasteiger partial charge < -0.3 is 9.84 Å². The summed E-state index contributed by atoms with van der Waals surface area (Å²) in [6.07, 6.45) is 5.12. The molecule has 0 saturated heterocycles. The number of aliphatic carboxylic acids is 1. The summed E-state index contributed by atoms with van der Waals surface area (Å²) in [6, 6.07) is 0. The van der Waals surface area contributed by atoms with Crippen molar-refractivity contribution in [3.05, 3.63) is 0 Å². The number of carboxylic acid groups (broad SMARTS) is 1. The van der Waals surface area contributed by atoms with Crippen molar-refractivity contribution >= 4 is 11.9 Å². The standard InChI is InChI=1S/C11H18O4/c1-15-10(14)11(8-5-9(12)13)6-3-2-4-7-11/h2-8H2,1H3,(H,12,13). The lowest BCUT2D eigenvalue weighted by atomic mass is 9.71. The van der Waals surface area contributed by atoms with Gasteiger partial charge in [-0.2, -0.15) is 0 Å². The van der Waals surface area contributed by atoms with Gasteiger partial charge in [0.25, 0.3) is 0 Å². The summed E-state index contributed by atoms with van der Waals surface area (Å²) < 4.78 is 4.79. The van der Waals surface area contributed by atoms with Crippen molar-refractivity contribution in [3.63, 3.8) is 0 Å². The van der Waals surface area contributed by atoms with Crippen LogP contribution in [0.2, 0.25) is 0 Å². The van der Waals surface area contributed by atoms with Gasteiger partial charge in [0, 0.05) is 6.42 Å². The molecule has 0 radical (unpaired) electrons. The normalized spacial score (nSPS) is 19.5. The summed E-state index contributed by atoms with van der Waals surface area (Å²) in [5.41, 5.74) is -0.522. The predicted octanol–water partition coefficient (Wildman–Crippen LogP) is 1.97. The molecular formula is C11H18O4. The molecule has 1 fully saturated rings. The van der Waals surface area contributed by atoms with Gasteiger partial charge in [0.1, 0.15) is 0 Å². The van der Waals surface area contributed by atoms with Crippen LogP contribution in [0.4, 0.5) is 0 Å². The summed E-state index contributed by atoms with van der Waals surface area (Å²) in [4.78, 5) is 22.2. The van der Waals surface area contributed by atoms with Gasteiger partial charge in [-0.25, -0.2) is 0 Å². The lowest BCUT2D eigenvalue weighted by molar-refractivity contribution is -0.156. The SMILES string of the molecule is COC(=O)C1(CCC(=O)O)CCCCC1. The lowest BCUT2D eigenvalue weighted by Crippen LogP contribution is -2.35. The van der Waals surface area contributed by atoms with E-state index in [0.717, 1.165) is 32.1 Å². The van der Waals surface area contributed by atoms with Gasteiger partial charge >= 0.3 is 11.9 Å². The maximum atomic E-state index is 11.7. The zero-order chi connectivity index (χ0) is 11.3. The van der Waals surface area contributed by atoms with E-state index < -0.39 is 11.4 Å². The molecule has 86 valence electrons. The molecule has 0 heterocycles. The second kappa shape index (κ2) is 5.14. The minimum Gasteiger partial charge on any atom is -0.481 e. The first-order valence-corrected chi connectivity index (χ1v) is 5.41. The summed E-state index contributed by atoms with van der Waals surface area (Å²) in [5.74, 6) is -1.08. The van der Waals surface area contributed by atoms with Crippen LogP contribution in [0.1, 0.15) is 44.9 Å². The Bertz CT molecular complexity index is 241. The van der Waals surface area contributed by atoms with Crippen molar-refractivity contribution in [1.82, 2.24) is 0 Å². The zero-order valence-corrected chi connectivity index (χ0v) is 9.12. The fourth-order valence-corrected chi connectivity index (χ4v) is 2.35. The summed E-state index contributed by atoms with van der Waals surface area (Å²) >= 11 is 0. The molecule has 1 saturated carbocycles. The highest BCUT2D eigenvalue weighted by Crippen LogP contribution is 2.41. The Morgan fingerprint density at radius 3 is 2.33 bits per heavy atom. The Morgan fingerprint density at radius 2 is 1.87 bits per heavy atom. The van der Waals surface area contributed by atoms with E-state index in [0.29, 0.717) is 6.42 Å². The number of methoxy groups -OCH3 is 1. The molecule has 0 bridgehead atoms. The van der Waals surface area contributed by atoms with Gasteiger partial charge in [-0.15, -0.1) is 0 Å². The number of esters is 1. The smallest absolute Gasteiger partial charge is 0.311 e. The molecule has 1 aliphatic carbocycles. The van der Waals surface area contributed by atoms with Crippen LogP contribution in [0.25, 0.3) is 0 Å². The molecule has 1 N–H and O–H groups in total. The van der Waals surface area contributed by atoms with E-state index in [-0.39, 0.29) is 12.4 Å². The minimum atomic E-state index is -0.844. The van der Waals surface area contributed by atoms with Crippen molar-refractivity contribution < 1.29 is 19.4 Å². The molecule has 4 heteroatoms. The molecule has 0 spiro atoms. The predicted molar refractivity (Wildman–Crippen MR) is 54.4 cm³/mol. The number of carbonyl (C=O) groups excluding carboxylic acids is 1. The third-order valence-corrected chi connectivity index (χ3v) is 3.25. The number of ether oxygens (including phenoxy) is 1. The fraction of sp³-hybridized carbons (Fsp3) is 0.818. The Balaban J connectivity index is 2.66. The van der Waals surface area contributed by atoms with Crippen molar-refractivity contribution in [1.29, 1.82) is 0 Å². The van der Waals surface area contributed by atoms with Crippen LogP contribution >= 0.6 is 0 Å². The Morgan fingerprint density at radius 1 is 1.27 bits per heavy atom. The van der Waals surface area contributed by atoms with Gasteiger partial charge in [0.05, 0.1) is 12.5 Å². The number of rotatable bonds is 4. The topological polar surface area (TPSA) is 63.6 Å². The zero-order valence-electron chi connectivity index (χ0n) is 9.12. The molecule has 1 aliphatic rings. The molecule has 0 aromatic carbocycles. The fourth-order valence-electron chi connectivity index (χ4n) is 2.35. The second-order valence-electron chi connectivity index (χ2n) is 4.23. The van der Waals surface area contributed by atoms with E-state index in [1.165, 1.54) is 7.11 Å². The van der Waals surface area contributed by atoms with Gasteiger partial charge in [-0.05, 0) is 19.3 Å². The molecule has 0 amide bonds. The van der Waals surface area contributed by atoms with E-state index in [4.69, 9.17) is 9.84 Å². The van der Waals surface area contributed by atoms with Crippen LogP contribution in [0, 0.1) is 5.41 Å². The average Bonchev–Trinajstić information content (AvgIpc) is 2.26. The van der Waals surface area contributed by atoms with Crippen molar-refractivity contribution in [3.8, 4) is 0 Å². The Hall–Kier alpha value is -1.06. The molecule has 0 unspecified atom stereocenters. The van der Waals surface area contributed by atoms with Gasteiger partial charge in [-0.3, -0.25) is 9.59 Å². The van der Waals surface area contributed by atoms with Gasteiger partial charge in [-0.1, -0.05) is 19.3 Å². The number of carbonyl (C=O) groups is 2. The number of hydrogen-bond acceptors (Lipinski definition) is 3. The second-order valence-corrected chi connectivity index (χ2v) is 4.23. The van der Waals surface area contributed by atoms with Crippen LogP contribution < -0.4 is 0 Å². The Labute approximate surface area is 89.6 Å². The maximum absolute atomic E-state index is 11.7. The first kappa shape index (κ1) is 12.0. The van der Waals surface area contributed by atoms with E-state index in [1.54, 1.807) is 0 Å². The summed E-state index contributed by atoms with van der Waals surface area (Å²) in [6.45, 7) is 0. The van der Waals surface area contributed by atoms with E-state index >= 15 is 0 Å². The summed E-state index contributed by atoms with van der Waals surface area (Å²) in [5, 5.41) is 8.66. The third kappa shape index (κ3) is 2.94. The monoisotopic (exact) mass is 214 g/mol. The van der Waals surface area contributed by atoms with E-state index in [9.17, 15) is 9.59 Å². The van der Waals surface area contributed by atoms with Crippen LogP contribution in [0.3, 0.4) is 0 Å². The molecule has 1 rings (SSSR count). The number of carboxylic acids is 1. The van der Waals surface area contributed by atoms with Crippen molar-refractivity contribution in [2.45, 2.75) is 44.9 Å². The highest BCUT2D eigenvalue weighted by atomic mass is 16.5. The van der Waals surface area contributed by atoms with Crippen LogP contribution in [0.15, 0.2) is 0 Å². The maximum Gasteiger partial charge on any atom is 0.311 e. The molecular weight excluding hydrogens is 196 g/mol. The Kier molecular flexibility index (Phi) is 4.12. The molecule has 15 heavy (non-hydrogen) atoms. The average molecular weight is 214 g/mol. The van der Waals surface area contributed by atoms with Gasteiger partial charge in [0.2, 0.25) is 0 Å². The van der Waals surface area contributed by atoms with Crippen molar-refractivity contribution in [2.75, 3.05) is 7.11 Å². The highest BCUT2D eigenvalue weighted by molar-refractivity contribution is 5.78. The molecule has 0 aromatic rings. The molecule has 0 aromatic heterocycles. The minimum absolute atomic E-state index is 0.0507. The molecule has 0 aliphatic heterocycles. The van der Waals surface area contributed by atoms with Crippen LogP contribution in [0.5, 0.6) is 0 Å².